The standard InChI is InChI=1S/C17H23N3O2/c1-2-15(21)17(5-6-17)16(22)20-11-9-19(10-12-20)13-14-3-7-18-8-4-14/h3-4,7-8H,2,5-6,9-13H2,1H3. The highest BCUT2D eigenvalue weighted by atomic mass is 16.2. The number of rotatable bonds is 5. The monoisotopic (exact) mass is 301 g/mol. The van der Waals surface area contributed by atoms with Gasteiger partial charge in [0.1, 0.15) is 11.2 Å². The highest BCUT2D eigenvalue weighted by molar-refractivity contribution is 6.08. The molecule has 118 valence electrons. The SMILES string of the molecule is CCC(=O)C1(C(=O)N2CCN(Cc3ccncc3)CC2)CC1. The zero-order valence-electron chi connectivity index (χ0n) is 13.1. The molecular formula is C17H23N3O2. The van der Waals surface area contributed by atoms with Crippen molar-refractivity contribution < 1.29 is 9.59 Å². The zero-order chi connectivity index (χ0) is 15.6. The Bertz CT molecular complexity index is 546. The van der Waals surface area contributed by atoms with Crippen molar-refractivity contribution in [2.45, 2.75) is 32.7 Å². The van der Waals surface area contributed by atoms with Gasteiger partial charge in [-0.05, 0) is 30.5 Å². The van der Waals surface area contributed by atoms with Gasteiger partial charge < -0.3 is 4.90 Å². The Morgan fingerprint density at radius 1 is 1.14 bits per heavy atom. The maximum Gasteiger partial charge on any atom is 0.236 e. The van der Waals surface area contributed by atoms with Crippen molar-refractivity contribution in [3.05, 3.63) is 30.1 Å². The van der Waals surface area contributed by atoms with Crippen LogP contribution in [0, 0.1) is 5.41 Å². The second-order valence-corrected chi connectivity index (χ2v) is 6.28. The number of Topliss-reactive ketones (excluding diaryl/α,β-unsaturated/α-hetero) is 1. The predicted octanol–water partition coefficient (Wildman–Crippen LogP) is 1.49. The quantitative estimate of drug-likeness (QED) is 0.773. The van der Waals surface area contributed by atoms with Crippen LogP contribution < -0.4 is 0 Å². The van der Waals surface area contributed by atoms with Gasteiger partial charge in [0.05, 0.1) is 0 Å². The Balaban J connectivity index is 1.54. The van der Waals surface area contributed by atoms with Crippen molar-refractivity contribution in [3.63, 3.8) is 0 Å². The van der Waals surface area contributed by atoms with Crippen LogP contribution in [0.15, 0.2) is 24.5 Å². The number of ketones is 1. The first-order chi connectivity index (χ1) is 10.7. The summed E-state index contributed by atoms with van der Waals surface area (Å²) in [7, 11) is 0. The molecule has 2 heterocycles. The fraction of sp³-hybridized carbons (Fsp3) is 0.588. The van der Waals surface area contributed by atoms with Gasteiger partial charge in [0.15, 0.2) is 0 Å². The minimum atomic E-state index is -0.651. The van der Waals surface area contributed by atoms with Crippen molar-refractivity contribution in [1.82, 2.24) is 14.8 Å². The van der Waals surface area contributed by atoms with E-state index in [2.05, 4.69) is 9.88 Å². The predicted molar refractivity (Wildman–Crippen MR) is 83.1 cm³/mol. The Hall–Kier alpha value is -1.75. The molecular weight excluding hydrogens is 278 g/mol. The van der Waals surface area contributed by atoms with Crippen LogP contribution in [0.2, 0.25) is 0 Å². The topological polar surface area (TPSA) is 53.5 Å². The summed E-state index contributed by atoms with van der Waals surface area (Å²) in [6.07, 6.45) is 5.57. The molecule has 0 atom stereocenters. The van der Waals surface area contributed by atoms with E-state index in [9.17, 15) is 9.59 Å². The number of carbonyl (C=O) groups is 2. The van der Waals surface area contributed by atoms with Gasteiger partial charge in [0.25, 0.3) is 0 Å². The van der Waals surface area contributed by atoms with E-state index in [1.54, 1.807) is 0 Å². The van der Waals surface area contributed by atoms with Gasteiger partial charge in [0, 0.05) is 51.5 Å². The molecule has 3 rings (SSSR count). The lowest BCUT2D eigenvalue weighted by Crippen LogP contribution is -2.51. The fourth-order valence-corrected chi connectivity index (χ4v) is 3.23. The van der Waals surface area contributed by atoms with Crippen LogP contribution in [0.4, 0.5) is 0 Å². The summed E-state index contributed by atoms with van der Waals surface area (Å²) >= 11 is 0. The van der Waals surface area contributed by atoms with Gasteiger partial charge in [-0.2, -0.15) is 0 Å². The molecule has 1 aromatic rings. The zero-order valence-corrected chi connectivity index (χ0v) is 13.1. The lowest BCUT2D eigenvalue weighted by Gasteiger charge is -2.36. The second-order valence-electron chi connectivity index (χ2n) is 6.28. The molecule has 1 saturated heterocycles. The van der Waals surface area contributed by atoms with Crippen molar-refractivity contribution >= 4 is 11.7 Å². The second kappa shape index (κ2) is 6.16. The fourth-order valence-electron chi connectivity index (χ4n) is 3.23. The Morgan fingerprint density at radius 3 is 2.32 bits per heavy atom. The Labute approximate surface area is 131 Å². The van der Waals surface area contributed by atoms with Crippen LogP contribution in [-0.4, -0.2) is 52.7 Å². The lowest BCUT2D eigenvalue weighted by molar-refractivity contribution is -0.144. The van der Waals surface area contributed by atoms with Gasteiger partial charge in [-0.3, -0.25) is 19.5 Å². The van der Waals surface area contributed by atoms with E-state index in [4.69, 9.17) is 0 Å². The van der Waals surface area contributed by atoms with E-state index in [-0.39, 0.29) is 11.7 Å². The van der Waals surface area contributed by atoms with Gasteiger partial charge in [-0.15, -0.1) is 0 Å². The number of nitrogens with zero attached hydrogens (tertiary/aromatic N) is 3. The molecule has 1 saturated carbocycles. The first kappa shape index (κ1) is 15.2. The summed E-state index contributed by atoms with van der Waals surface area (Å²) in [6, 6.07) is 4.05. The minimum absolute atomic E-state index is 0.0721. The molecule has 0 aromatic carbocycles. The lowest BCUT2D eigenvalue weighted by atomic mass is 9.96. The van der Waals surface area contributed by atoms with E-state index in [1.807, 2.05) is 36.4 Å². The van der Waals surface area contributed by atoms with E-state index in [1.165, 1.54) is 5.56 Å². The third-order valence-electron chi connectivity index (χ3n) is 4.83. The van der Waals surface area contributed by atoms with Gasteiger partial charge in [-0.1, -0.05) is 6.92 Å². The molecule has 0 unspecified atom stereocenters. The maximum absolute atomic E-state index is 12.6. The number of amides is 1. The average Bonchev–Trinajstić information content (AvgIpc) is 3.37. The first-order valence-electron chi connectivity index (χ1n) is 8.09. The van der Waals surface area contributed by atoms with Gasteiger partial charge >= 0.3 is 0 Å². The van der Waals surface area contributed by atoms with Crippen molar-refractivity contribution in [2.75, 3.05) is 26.2 Å². The average molecular weight is 301 g/mol. The minimum Gasteiger partial charge on any atom is -0.339 e. The smallest absolute Gasteiger partial charge is 0.236 e. The van der Waals surface area contributed by atoms with Crippen molar-refractivity contribution in [3.8, 4) is 0 Å². The summed E-state index contributed by atoms with van der Waals surface area (Å²) in [4.78, 5) is 32.9. The number of carbonyl (C=O) groups excluding carboxylic acids is 2. The van der Waals surface area contributed by atoms with E-state index < -0.39 is 5.41 Å². The van der Waals surface area contributed by atoms with E-state index in [0.29, 0.717) is 6.42 Å². The molecule has 1 aliphatic heterocycles. The van der Waals surface area contributed by atoms with Crippen LogP contribution in [0.5, 0.6) is 0 Å². The number of hydrogen-bond acceptors (Lipinski definition) is 4. The maximum atomic E-state index is 12.6. The van der Waals surface area contributed by atoms with Crippen LogP contribution >= 0.6 is 0 Å². The largest absolute Gasteiger partial charge is 0.339 e. The van der Waals surface area contributed by atoms with E-state index >= 15 is 0 Å². The third-order valence-corrected chi connectivity index (χ3v) is 4.83. The normalized spacial score (nSPS) is 20.7. The number of hydrogen-bond donors (Lipinski definition) is 0. The molecule has 5 nitrogen and oxygen atoms in total. The molecule has 2 aliphatic rings. The molecule has 0 radical (unpaired) electrons. The summed E-state index contributed by atoms with van der Waals surface area (Å²) in [5.41, 5.74) is 0.594. The molecule has 0 bridgehead atoms. The van der Waals surface area contributed by atoms with Crippen LogP contribution in [0.3, 0.4) is 0 Å². The van der Waals surface area contributed by atoms with Crippen LogP contribution in [-0.2, 0) is 16.1 Å². The summed E-state index contributed by atoms with van der Waals surface area (Å²) in [5.74, 6) is 0.194. The summed E-state index contributed by atoms with van der Waals surface area (Å²) in [6.45, 7) is 5.92. The molecule has 2 fully saturated rings. The van der Waals surface area contributed by atoms with Crippen LogP contribution in [0.25, 0.3) is 0 Å². The summed E-state index contributed by atoms with van der Waals surface area (Å²) < 4.78 is 0. The highest BCUT2D eigenvalue weighted by Crippen LogP contribution is 2.48. The molecule has 1 amide bonds. The first-order valence-corrected chi connectivity index (χ1v) is 8.09. The molecule has 5 heteroatoms. The van der Waals surface area contributed by atoms with Crippen molar-refractivity contribution in [1.29, 1.82) is 0 Å². The van der Waals surface area contributed by atoms with E-state index in [0.717, 1.165) is 45.6 Å². The highest BCUT2D eigenvalue weighted by Gasteiger charge is 2.56. The van der Waals surface area contributed by atoms with Crippen molar-refractivity contribution in [2.24, 2.45) is 5.41 Å². The summed E-state index contributed by atoms with van der Waals surface area (Å²) in [5, 5.41) is 0. The Morgan fingerprint density at radius 2 is 1.77 bits per heavy atom. The van der Waals surface area contributed by atoms with Gasteiger partial charge in [0.2, 0.25) is 5.91 Å². The molecule has 22 heavy (non-hydrogen) atoms. The molecule has 0 spiro atoms. The van der Waals surface area contributed by atoms with Crippen LogP contribution in [0.1, 0.15) is 31.7 Å². The number of pyridine rings is 1. The molecule has 1 aromatic heterocycles. The number of piperazine rings is 1. The third kappa shape index (κ3) is 2.90. The molecule has 1 aliphatic carbocycles. The number of aromatic nitrogens is 1. The Kier molecular flexibility index (Phi) is 4.25. The molecule has 0 N–H and O–H groups in total. The van der Waals surface area contributed by atoms with Gasteiger partial charge in [-0.25, -0.2) is 0 Å².